The van der Waals surface area contributed by atoms with Gasteiger partial charge < -0.3 is 0 Å². The first-order valence-corrected chi connectivity index (χ1v) is 8.44. The van der Waals surface area contributed by atoms with Crippen molar-refractivity contribution in [3.8, 4) is 11.5 Å². The first-order valence-electron chi connectivity index (χ1n) is 6.37. The van der Waals surface area contributed by atoms with Crippen molar-refractivity contribution in [3.63, 3.8) is 0 Å². The van der Waals surface area contributed by atoms with E-state index in [-0.39, 0.29) is 20.9 Å². The van der Waals surface area contributed by atoms with E-state index in [1.54, 1.807) is 6.20 Å². The van der Waals surface area contributed by atoms with E-state index >= 15 is 0 Å². The molecule has 0 aromatic carbocycles. The third-order valence-electron chi connectivity index (χ3n) is 2.96. The molecular weight excluding hydrogens is 333 g/mol. The Labute approximate surface area is 128 Å². The molecule has 0 atom stereocenters. The van der Waals surface area contributed by atoms with Crippen LogP contribution in [0.15, 0.2) is 48.8 Å². The maximum absolute atomic E-state index is 11.3. The summed E-state index contributed by atoms with van der Waals surface area (Å²) < 4.78 is 7.65. The van der Waals surface area contributed by atoms with Crippen LogP contribution in [0.25, 0.3) is 17.0 Å². The van der Waals surface area contributed by atoms with Crippen LogP contribution in [-0.2, 0) is 9.53 Å². The minimum absolute atomic E-state index is 0.0628. The molecule has 0 saturated carbocycles. The molecule has 0 aliphatic carbocycles. The van der Waals surface area contributed by atoms with Crippen molar-refractivity contribution in [3.05, 3.63) is 48.8 Å². The monoisotopic (exact) mass is 347 g/mol. The normalized spacial score (nSPS) is 10.7. The fourth-order valence-electron chi connectivity index (χ4n) is 1.98. The molecule has 0 N–H and O–H groups in total. The van der Waals surface area contributed by atoms with E-state index in [2.05, 4.69) is 9.97 Å². The first kappa shape index (κ1) is 13.8. The summed E-state index contributed by atoms with van der Waals surface area (Å²) in [5, 5.41) is 0.382. The number of hydrogen-bond donors (Lipinski definition) is 0. The zero-order chi connectivity index (χ0) is 14.7. The zero-order valence-electron chi connectivity index (χ0n) is 11.4. The van der Waals surface area contributed by atoms with Crippen LogP contribution < -0.4 is 4.59 Å². The summed E-state index contributed by atoms with van der Waals surface area (Å²) in [4.78, 5) is 20.4. The van der Waals surface area contributed by atoms with E-state index in [0.717, 1.165) is 21.6 Å². The molecule has 0 aliphatic rings. The molecule has 5 nitrogen and oxygen atoms in total. The van der Waals surface area contributed by atoms with Gasteiger partial charge in [-0.2, -0.15) is 0 Å². The van der Waals surface area contributed by atoms with E-state index in [0.29, 0.717) is 5.32 Å². The van der Waals surface area contributed by atoms with Crippen LogP contribution in [0.1, 0.15) is 0 Å². The van der Waals surface area contributed by atoms with Crippen LogP contribution in [0.2, 0.25) is 5.32 Å². The van der Waals surface area contributed by atoms with Crippen LogP contribution in [0, 0.1) is 0 Å². The van der Waals surface area contributed by atoms with Gasteiger partial charge in [-0.05, 0) is 0 Å². The predicted molar refractivity (Wildman–Crippen MR) is 80.6 cm³/mol. The third-order valence-corrected chi connectivity index (χ3v) is 4.96. The Morgan fingerprint density at radius 2 is 2.14 bits per heavy atom. The average Bonchev–Trinajstić information content (AvgIpc) is 2.92. The Morgan fingerprint density at radius 3 is 2.90 bits per heavy atom. The molecule has 0 saturated heterocycles. The van der Waals surface area contributed by atoms with E-state index in [9.17, 15) is 4.79 Å². The van der Waals surface area contributed by atoms with Crippen molar-refractivity contribution in [2.75, 3.05) is 7.11 Å². The zero-order valence-corrected chi connectivity index (χ0v) is 13.1. The van der Waals surface area contributed by atoms with Gasteiger partial charge in [0.05, 0.1) is 0 Å². The topological polar surface area (TPSA) is 56.5 Å². The fourth-order valence-corrected chi connectivity index (χ4v) is 3.74. The van der Waals surface area contributed by atoms with Gasteiger partial charge in [0.2, 0.25) is 0 Å². The average molecular weight is 346 g/mol. The van der Waals surface area contributed by atoms with Crippen LogP contribution >= 0.6 is 0 Å². The number of ether oxygens (including phenoxy) is 1. The van der Waals surface area contributed by atoms with Gasteiger partial charge in [-0.1, -0.05) is 0 Å². The van der Waals surface area contributed by atoms with E-state index in [1.165, 1.54) is 7.11 Å². The molecule has 21 heavy (non-hydrogen) atoms. The molecule has 0 spiro atoms. The van der Waals surface area contributed by atoms with Gasteiger partial charge in [-0.15, -0.1) is 0 Å². The van der Waals surface area contributed by atoms with Gasteiger partial charge in [0.1, 0.15) is 0 Å². The van der Waals surface area contributed by atoms with Gasteiger partial charge in [0.25, 0.3) is 0 Å². The quantitative estimate of drug-likeness (QED) is 0.528. The Balaban J connectivity index is 2.04. The number of rotatable bonds is 4. The number of methoxy groups -OCH3 is 1. The molecule has 0 radical (unpaired) electrons. The number of carbonyl (C=O) groups excluding carboxylic acids is 1. The Hall–Kier alpha value is -2.17. The molecular formula is C15H13N3O2Se. The SMILES string of the molecule is COC(=O)C[Se]c1nc(-c2ccccn2)n2ccccc12. The second kappa shape index (κ2) is 6.08. The number of carbonyl (C=O) groups is 1. The first-order chi connectivity index (χ1) is 10.3. The molecule has 0 unspecified atom stereocenters. The number of fused-ring (bicyclic) bond motifs is 1. The van der Waals surface area contributed by atoms with Gasteiger partial charge in [0, 0.05) is 0 Å². The molecule has 3 heterocycles. The summed E-state index contributed by atoms with van der Waals surface area (Å²) in [5.74, 6) is 0.597. The third kappa shape index (κ3) is 2.82. The summed E-state index contributed by atoms with van der Waals surface area (Å²) in [6.07, 6.45) is 3.71. The standard InChI is InChI=1S/C15H13N3O2Se/c1-20-13(19)10-21-15-12-7-3-5-9-18(12)14(17-15)11-6-2-4-8-16-11/h2-9H,10H2,1H3. The Kier molecular flexibility index (Phi) is 3.99. The minimum atomic E-state index is -0.202. The Morgan fingerprint density at radius 1 is 1.29 bits per heavy atom. The number of esters is 1. The fraction of sp³-hybridized carbons (Fsp3) is 0.133. The molecule has 6 heteroatoms. The molecule has 3 rings (SSSR count). The van der Waals surface area contributed by atoms with Crippen molar-refractivity contribution in [1.29, 1.82) is 0 Å². The van der Waals surface area contributed by atoms with Crippen LogP contribution in [-0.4, -0.2) is 42.4 Å². The summed E-state index contributed by atoms with van der Waals surface area (Å²) in [6, 6.07) is 11.7. The number of aromatic nitrogens is 3. The van der Waals surface area contributed by atoms with Gasteiger partial charge in [-0.3, -0.25) is 0 Å². The van der Waals surface area contributed by atoms with Crippen molar-refractivity contribution in [2.45, 2.75) is 5.32 Å². The van der Waals surface area contributed by atoms with E-state index in [4.69, 9.17) is 4.74 Å². The molecule has 0 bridgehead atoms. The summed E-state index contributed by atoms with van der Waals surface area (Å²) in [7, 11) is 1.41. The molecule has 0 amide bonds. The number of imidazole rings is 1. The molecule has 0 fully saturated rings. The predicted octanol–water partition coefficient (Wildman–Crippen LogP) is 1.32. The summed E-state index contributed by atoms with van der Waals surface area (Å²) in [6.45, 7) is 0. The van der Waals surface area contributed by atoms with Crippen molar-refractivity contribution >= 4 is 31.0 Å². The van der Waals surface area contributed by atoms with Crippen LogP contribution in [0.3, 0.4) is 0 Å². The maximum atomic E-state index is 11.3. The molecule has 3 aromatic rings. The number of nitrogens with zero attached hydrogens (tertiary/aromatic N) is 3. The van der Waals surface area contributed by atoms with Crippen LogP contribution in [0.5, 0.6) is 0 Å². The van der Waals surface area contributed by atoms with E-state index in [1.807, 2.05) is 47.0 Å². The second-order valence-corrected chi connectivity index (χ2v) is 6.30. The summed E-state index contributed by atoms with van der Waals surface area (Å²) >= 11 is -0.0628. The van der Waals surface area contributed by atoms with Gasteiger partial charge >= 0.3 is 128 Å². The van der Waals surface area contributed by atoms with Gasteiger partial charge in [0.15, 0.2) is 0 Å². The number of pyridine rings is 2. The van der Waals surface area contributed by atoms with Crippen molar-refractivity contribution in [1.82, 2.24) is 14.4 Å². The Bertz CT molecular complexity index is 771. The molecule has 3 aromatic heterocycles. The van der Waals surface area contributed by atoms with E-state index < -0.39 is 0 Å². The van der Waals surface area contributed by atoms with Crippen molar-refractivity contribution < 1.29 is 9.53 Å². The second-order valence-electron chi connectivity index (χ2n) is 4.28. The van der Waals surface area contributed by atoms with Crippen LogP contribution in [0.4, 0.5) is 0 Å². The molecule has 106 valence electrons. The van der Waals surface area contributed by atoms with Gasteiger partial charge in [-0.25, -0.2) is 0 Å². The molecule has 0 aliphatic heterocycles. The number of hydrogen-bond acceptors (Lipinski definition) is 4. The summed E-state index contributed by atoms with van der Waals surface area (Å²) in [5.41, 5.74) is 1.83. The van der Waals surface area contributed by atoms with Crippen molar-refractivity contribution in [2.24, 2.45) is 0 Å².